The van der Waals surface area contributed by atoms with Crippen molar-refractivity contribution in [2.45, 2.75) is 12.2 Å². The second kappa shape index (κ2) is 5.25. The molecule has 6 heteroatoms. The van der Waals surface area contributed by atoms with E-state index in [0.29, 0.717) is 0 Å². The molecule has 1 heterocycles. The molecular weight excluding hydrogens is 225 g/mol. The van der Waals surface area contributed by atoms with Crippen LogP contribution in [0.25, 0.3) is 0 Å². The number of hydrogen-bond donors (Lipinski definition) is 2. The highest BCUT2D eigenvalue weighted by molar-refractivity contribution is 6.18. The third-order valence-corrected chi connectivity index (χ3v) is 2.20. The first-order valence-electron chi connectivity index (χ1n) is 4.21. The summed E-state index contributed by atoms with van der Waals surface area (Å²) in [4.78, 5) is 3.62. The molecular formula is C9H11ClFNO3. The van der Waals surface area contributed by atoms with Crippen LogP contribution in [0.5, 0.6) is 5.88 Å². The third-order valence-electron chi connectivity index (χ3n) is 1.88. The van der Waals surface area contributed by atoms with E-state index in [1.165, 1.54) is 7.11 Å². The van der Waals surface area contributed by atoms with Gasteiger partial charge in [0, 0.05) is 5.56 Å². The lowest BCUT2D eigenvalue weighted by Gasteiger charge is -2.17. The molecule has 0 fully saturated rings. The molecule has 0 bridgehead atoms. The van der Waals surface area contributed by atoms with Crippen molar-refractivity contribution < 1.29 is 19.3 Å². The standard InChI is InChI=1S/C9H11ClFNO3/c1-15-9-6(2-5(11)4-12-9)8(14)7(13)3-10/h2,4,7-8,13-14H,3H2,1H3. The van der Waals surface area contributed by atoms with Crippen LogP contribution in [-0.4, -0.2) is 34.3 Å². The number of aliphatic hydroxyl groups excluding tert-OH is 2. The zero-order chi connectivity index (χ0) is 11.4. The summed E-state index contributed by atoms with van der Waals surface area (Å²) in [6, 6.07) is 1.05. The van der Waals surface area contributed by atoms with Gasteiger partial charge >= 0.3 is 0 Å². The zero-order valence-corrected chi connectivity index (χ0v) is 8.78. The number of ether oxygens (including phenoxy) is 1. The smallest absolute Gasteiger partial charge is 0.219 e. The summed E-state index contributed by atoms with van der Waals surface area (Å²) in [7, 11) is 1.34. The molecule has 0 radical (unpaired) electrons. The van der Waals surface area contributed by atoms with E-state index in [0.717, 1.165) is 12.3 Å². The average molecular weight is 236 g/mol. The van der Waals surface area contributed by atoms with Crippen molar-refractivity contribution in [2.24, 2.45) is 0 Å². The van der Waals surface area contributed by atoms with Crippen LogP contribution in [0.1, 0.15) is 11.7 Å². The van der Waals surface area contributed by atoms with Gasteiger partial charge < -0.3 is 14.9 Å². The molecule has 2 unspecified atom stereocenters. The number of methoxy groups -OCH3 is 1. The predicted molar refractivity (Wildman–Crippen MR) is 52.4 cm³/mol. The van der Waals surface area contributed by atoms with Crippen LogP contribution < -0.4 is 4.74 Å². The highest BCUT2D eigenvalue weighted by Crippen LogP contribution is 2.26. The zero-order valence-electron chi connectivity index (χ0n) is 8.02. The van der Waals surface area contributed by atoms with E-state index in [9.17, 15) is 14.6 Å². The normalized spacial score (nSPS) is 14.7. The van der Waals surface area contributed by atoms with Gasteiger partial charge in [-0.3, -0.25) is 0 Å². The molecule has 84 valence electrons. The molecule has 0 amide bonds. The van der Waals surface area contributed by atoms with E-state index < -0.39 is 18.0 Å². The lowest BCUT2D eigenvalue weighted by Crippen LogP contribution is -2.20. The molecule has 1 rings (SSSR count). The molecule has 0 aliphatic rings. The number of alkyl halides is 1. The fourth-order valence-corrected chi connectivity index (χ4v) is 1.29. The van der Waals surface area contributed by atoms with Crippen LogP contribution >= 0.6 is 11.6 Å². The Morgan fingerprint density at radius 1 is 1.60 bits per heavy atom. The minimum Gasteiger partial charge on any atom is -0.481 e. The van der Waals surface area contributed by atoms with Crippen LogP contribution in [0.4, 0.5) is 4.39 Å². The van der Waals surface area contributed by atoms with Gasteiger partial charge in [0.2, 0.25) is 5.88 Å². The largest absolute Gasteiger partial charge is 0.481 e. The molecule has 15 heavy (non-hydrogen) atoms. The molecule has 4 nitrogen and oxygen atoms in total. The minimum atomic E-state index is -1.32. The van der Waals surface area contributed by atoms with E-state index in [1.54, 1.807) is 0 Å². The second-order valence-corrected chi connectivity index (χ2v) is 3.23. The van der Waals surface area contributed by atoms with Crippen molar-refractivity contribution in [3.63, 3.8) is 0 Å². The van der Waals surface area contributed by atoms with Gasteiger partial charge in [0.05, 0.1) is 25.3 Å². The summed E-state index contributed by atoms with van der Waals surface area (Å²) in [6.45, 7) is 0. The van der Waals surface area contributed by atoms with Crippen LogP contribution in [0.15, 0.2) is 12.3 Å². The number of aromatic nitrogens is 1. The summed E-state index contributed by atoms with van der Waals surface area (Å²) in [5, 5.41) is 18.9. The fraction of sp³-hybridized carbons (Fsp3) is 0.444. The number of pyridine rings is 1. The quantitative estimate of drug-likeness (QED) is 0.760. The lowest BCUT2D eigenvalue weighted by molar-refractivity contribution is 0.0306. The summed E-state index contributed by atoms with van der Waals surface area (Å²) < 4.78 is 17.7. The third kappa shape index (κ3) is 2.77. The Hall–Kier alpha value is -0.910. The summed E-state index contributed by atoms with van der Waals surface area (Å²) in [6.07, 6.45) is -1.55. The van der Waals surface area contributed by atoms with E-state index in [4.69, 9.17) is 16.3 Å². The Labute approximate surface area is 91.3 Å². The summed E-state index contributed by atoms with van der Waals surface area (Å²) in [5.41, 5.74) is 0.0747. The maximum Gasteiger partial charge on any atom is 0.219 e. The highest BCUT2D eigenvalue weighted by atomic mass is 35.5. The van der Waals surface area contributed by atoms with Crippen LogP contribution in [0.2, 0.25) is 0 Å². The Bertz CT molecular complexity index is 337. The topological polar surface area (TPSA) is 62.6 Å². The van der Waals surface area contributed by atoms with E-state index >= 15 is 0 Å². The van der Waals surface area contributed by atoms with Gasteiger partial charge in [-0.2, -0.15) is 0 Å². The molecule has 0 spiro atoms. The number of nitrogens with zero attached hydrogens (tertiary/aromatic N) is 1. The van der Waals surface area contributed by atoms with Crippen LogP contribution in [0.3, 0.4) is 0 Å². The predicted octanol–water partition coefficient (Wildman–Crippen LogP) is 0.862. The number of hydrogen-bond acceptors (Lipinski definition) is 4. The van der Waals surface area contributed by atoms with Crippen LogP contribution in [0, 0.1) is 5.82 Å². The van der Waals surface area contributed by atoms with Crippen molar-refractivity contribution in [1.29, 1.82) is 0 Å². The second-order valence-electron chi connectivity index (χ2n) is 2.92. The average Bonchev–Trinajstić information content (AvgIpc) is 2.27. The van der Waals surface area contributed by atoms with E-state index in [2.05, 4.69) is 4.98 Å². The molecule has 1 aromatic rings. The molecule has 0 saturated carbocycles. The molecule has 2 N–H and O–H groups in total. The Morgan fingerprint density at radius 2 is 2.27 bits per heavy atom. The van der Waals surface area contributed by atoms with E-state index in [-0.39, 0.29) is 17.3 Å². The van der Waals surface area contributed by atoms with Gasteiger partial charge in [-0.25, -0.2) is 9.37 Å². The molecule has 0 aliphatic carbocycles. The Balaban J connectivity index is 3.05. The van der Waals surface area contributed by atoms with Crippen LogP contribution in [-0.2, 0) is 0 Å². The number of rotatable bonds is 4. The monoisotopic (exact) mass is 235 g/mol. The number of aliphatic hydroxyl groups is 2. The van der Waals surface area contributed by atoms with Crippen molar-refractivity contribution in [3.8, 4) is 5.88 Å². The first kappa shape index (κ1) is 12.2. The summed E-state index contributed by atoms with van der Waals surface area (Å²) >= 11 is 5.37. The fourth-order valence-electron chi connectivity index (χ4n) is 1.12. The van der Waals surface area contributed by atoms with Gasteiger partial charge in [0.15, 0.2) is 0 Å². The molecule has 0 saturated heterocycles. The van der Waals surface area contributed by atoms with Crippen molar-refractivity contribution in [2.75, 3.05) is 13.0 Å². The number of halogens is 2. The van der Waals surface area contributed by atoms with Gasteiger partial charge in [0.25, 0.3) is 0 Å². The Morgan fingerprint density at radius 3 is 2.80 bits per heavy atom. The SMILES string of the molecule is COc1ncc(F)cc1C(O)C(O)CCl. The maximum absolute atomic E-state index is 12.9. The lowest BCUT2D eigenvalue weighted by atomic mass is 10.1. The van der Waals surface area contributed by atoms with Gasteiger partial charge in [-0.15, -0.1) is 11.6 Å². The van der Waals surface area contributed by atoms with Gasteiger partial charge in [-0.1, -0.05) is 0 Å². The highest BCUT2D eigenvalue weighted by Gasteiger charge is 2.22. The van der Waals surface area contributed by atoms with Gasteiger partial charge in [0.1, 0.15) is 11.9 Å². The van der Waals surface area contributed by atoms with Crippen molar-refractivity contribution >= 4 is 11.6 Å². The molecule has 0 aliphatic heterocycles. The summed E-state index contributed by atoms with van der Waals surface area (Å²) in [5.74, 6) is -0.722. The Kier molecular flexibility index (Phi) is 4.26. The first-order valence-corrected chi connectivity index (χ1v) is 4.75. The molecule has 2 atom stereocenters. The van der Waals surface area contributed by atoms with Crippen molar-refractivity contribution in [1.82, 2.24) is 4.98 Å². The minimum absolute atomic E-state index is 0.0630. The van der Waals surface area contributed by atoms with E-state index in [1.807, 2.05) is 0 Å². The first-order chi connectivity index (χ1) is 7.10. The maximum atomic E-state index is 12.9. The molecule has 1 aromatic heterocycles. The molecule has 0 aromatic carbocycles. The van der Waals surface area contributed by atoms with Crippen molar-refractivity contribution in [3.05, 3.63) is 23.6 Å². The van der Waals surface area contributed by atoms with Gasteiger partial charge in [-0.05, 0) is 6.07 Å².